The molecule has 0 saturated carbocycles. The lowest BCUT2D eigenvalue weighted by Crippen LogP contribution is -2.05. The molecule has 106 valence electrons. The smallest absolute Gasteiger partial charge is 0.251 e. The first-order valence-electron chi connectivity index (χ1n) is 5.89. The molecule has 8 heteroatoms. The number of anilines is 1. The van der Waals surface area contributed by atoms with E-state index in [1.165, 1.54) is 35.7 Å². The van der Waals surface area contributed by atoms with Crippen LogP contribution < -0.4 is 11.3 Å². The number of thiazole rings is 1. The normalized spacial score (nSPS) is 10.7. The van der Waals surface area contributed by atoms with E-state index in [0.717, 1.165) is 0 Å². The van der Waals surface area contributed by atoms with Crippen LogP contribution in [0.15, 0.2) is 35.3 Å². The van der Waals surface area contributed by atoms with Crippen LogP contribution in [0.1, 0.15) is 0 Å². The molecule has 3 aromatic rings. The summed E-state index contributed by atoms with van der Waals surface area (Å²) >= 11 is 1.17. The fourth-order valence-electron chi connectivity index (χ4n) is 1.85. The topological polar surface area (TPSA) is 125 Å². The maximum atomic E-state index is 11.4. The molecule has 0 aliphatic carbocycles. The lowest BCUT2D eigenvalue weighted by Gasteiger charge is -2.03. The first kappa shape index (κ1) is 13.1. The van der Waals surface area contributed by atoms with Gasteiger partial charge >= 0.3 is 0 Å². The summed E-state index contributed by atoms with van der Waals surface area (Å²) in [7, 11) is 0. The first-order chi connectivity index (χ1) is 10.0. The Morgan fingerprint density at radius 3 is 2.71 bits per heavy atom. The quantitative estimate of drug-likeness (QED) is 0.532. The molecule has 0 amide bonds. The number of nitrogen functional groups attached to an aromatic ring is 1. The number of hydrogen-bond acceptors (Lipinski definition) is 7. The summed E-state index contributed by atoms with van der Waals surface area (Å²) in [5.74, 6) is -0.145. The van der Waals surface area contributed by atoms with E-state index < -0.39 is 0 Å². The number of phenols is 2. The van der Waals surface area contributed by atoms with E-state index in [4.69, 9.17) is 5.73 Å². The Morgan fingerprint density at radius 1 is 1.19 bits per heavy atom. The molecule has 0 atom stereocenters. The fraction of sp³-hybridized carbons (Fsp3) is 0. The summed E-state index contributed by atoms with van der Waals surface area (Å²) in [6, 6.07) is 5.62. The van der Waals surface area contributed by atoms with Crippen LogP contribution in [-0.4, -0.2) is 25.2 Å². The highest BCUT2D eigenvalue weighted by Gasteiger charge is 2.16. The molecule has 3 rings (SSSR count). The summed E-state index contributed by atoms with van der Waals surface area (Å²) in [4.78, 5) is 22.9. The zero-order chi connectivity index (χ0) is 15.0. The largest absolute Gasteiger partial charge is 0.504 e. The van der Waals surface area contributed by atoms with Crippen molar-refractivity contribution in [3.05, 3.63) is 40.8 Å². The zero-order valence-electron chi connectivity index (χ0n) is 10.6. The second kappa shape index (κ2) is 4.91. The van der Waals surface area contributed by atoms with Crippen molar-refractivity contribution in [2.24, 2.45) is 0 Å². The molecule has 2 heterocycles. The fourth-order valence-corrected chi connectivity index (χ4v) is 2.66. The van der Waals surface area contributed by atoms with Crippen LogP contribution in [0.2, 0.25) is 0 Å². The number of H-pyrrole nitrogens is 1. The predicted molar refractivity (Wildman–Crippen MR) is 79.1 cm³/mol. The van der Waals surface area contributed by atoms with Crippen LogP contribution in [0.4, 0.5) is 5.13 Å². The van der Waals surface area contributed by atoms with E-state index in [2.05, 4.69) is 15.0 Å². The Bertz CT molecular complexity index is 872. The highest BCUT2D eigenvalue weighted by atomic mass is 32.1. The van der Waals surface area contributed by atoms with Gasteiger partial charge in [-0.2, -0.15) is 0 Å². The molecule has 1 aromatic carbocycles. The maximum absolute atomic E-state index is 11.4. The highest BCUT2D eigenvalue weighted by molar-refractivity contribution is 7.19. The van der Waals surface area contributed by atoms with Crippen LogP contribution in [0.25, 0.3) is 22.0 Å². The number of nitrogens with two attached hydrogens (primary N) is 1. The average Bonchev–Trinajstić information content (AvgIpc) is 2.84. The van der Waals surface area contributed by atoms with Crippen LogP contribution >= 0.6 is 11.3 Å². The number of aromatic nitrogens is 3. The molecule has 0 aliphatic rings. The molecule has 21 heavy (non-hydrogen) atoms. The Balaban J connectivity index is 2.20. The number of nitrogens with one attached hydrogen (secondary N) is 1. The van der Waals surface area contributed by atoms with Gasteiger partial charge in [-0.15, -0.1) is 0 Å². The van der Waals surface area contributed by atoms with Crippen LogP contribution in [0.5, 0.6) is 11.5 Å². The molecular weight excluding hydrogens is 292 g/mol. The third-order valence-electron chi connectivity index (χ3n) is 2.78. The molecule has 2 aromatic heterocycles. The number of aromatic hydroxyl groups is 2. The van der Waals surface area contributed by atoms with E-state index in [0.29, 0.717) is 27.1 Å². The van der Waals surface area contributed by atoms with Gasteiger partial charge in [-0.25, -0.2) is 9.97 Å². The summed E-state index contributed by atoms with van der Waals surface area (Å²) in [5, 5.41) is 19.3. The van der Waals surface area contributed by atoms with Gasteiger partial charge in [0.25, 0.3) is 5.56 Å². The summed E-state index contributed by atoms with van der Waals surface area (Å²) < 4.78 is 0. The van der Waals surface area contributed by atoms with Crippen molar-refractivity contribution < 1.29 is 10.2 Å². The zero-order valence-corrected chi connectivity index (χ0v) is 11.4. The van der Waals surface area contributed by atoms with Gasteiger partial charge in [0, 0.05) is 17.8 Å². The van der Waals surface area contributed by atoms with E-state index >= 15 is 0 Å². The third kappa shape index (κ3) is 2.43. The van der Waals surface area contributed by atoms with Gasteiger partial charge < -0.3 is 20.9 Å². The minimum absolute atomic E-state index is 0.227. The van der Waals surface area contributed by atoms with Crippen LogP contribution in [0.3, 0.4) is 0 Å². The predicted octanol–water partition coefficient (Wildman–Crippen LogP) is 1.55. The highest BCUT2D eigenvalue weighted by Crippen LogP contribution is 2.38. The Hall–Kier alpha value is -2.87. The van der Waals surface area contributed by atoms with E-state index in [1.54, 1.807) is 6.07 Å². The maximum Gasteiger partial charge on any atom is 0.251 e. The number of benzene rings is 1. The SMILES string of the molecule is Nc1nc(-c2ccc(O)c(O)c2)c(-c2nccc(=O)[nH]2)s1. The molecule has 0 spiro atoms. The lowest BCUT2D eigenvalue weighted by molar-refractivity contribution is 0.404. The molecule has 7 nitrogen and oxygen atoms in total. The lowest BCUT2D eigenvalue weighted by atomic mass is 10.1. The van der Waals surface area contributed by atoms with Crippen molar-refractivity contribution >= 4 is 16.5 Å². The standard InChI is InChI=1S/C13H10N4O3S/c14-13-17-10(6-1-2-7(18)8(19)5-6)11(21-13)12-15-4-3-9(20)16-12/h1-5,18-19H,(H2,14,17)(H,15,16,20). The molecule has 5 N–H and O–H groups in total. The van der Waals surface area contributed by atoms with E-state index in [1.807, 2.05) is 0 Å². The monoisotopic (exact) mass is 302 g/mol. The van der Waals surface area contributed by atoms with Crippen molar-refractivity contribution in [1.82, 2.24) is 15.0 Å². The molecule has 0 aliphatic heterocycles. The summed E-state index contributed by atoms with van der Waals surface area (Å²) in [6.45, 7) is 0. The van der Waals surface area contributed by atoms with Gasteiger partial charge in [-0.3, -0.25) is 4.79 Å². The van der Waals surface area contributed by atoms with E-state index in [-0.39, 0.29) is 17.1 Å². The van der Waals surface area contributed by atoms with Crippen molar-refractivity contribution in [2.45, 2.75) is 0 Å². The Morgan fingerprint density at radius 2 is 2.00 bits per heavy atom. The number of aromatic amines is 1. The average molecular weight is 302 g/mol. The van der Waals surface area contributed by atoms with Crippen molar-refractivity contribution in [1.29, 1.82) is 0 Å². The molecule has 0 unspecified atom stereocenters. The second-order valence-electron chi connectivity index (χ2n) is 4.22. The van der Waals surface area contributed by atoms with Crippen molar-refractivity contribution in [2.75, 3.05) is 5.73 Å². The van der Waals surface area contributed by atoms with Gasteiger partial charge in [0.15, 0.2) is 22.5 Å². The minimum Gasteiger partial charge on any atom is -0.504 e. The minimum atomic E-state index is -0.286. The summed E-state index contributed by atoms with van der Waals surface area (Å²) in [5.41, 5.74) is 6.48. The molecular formula is C13H10N4O3S. The second-order valence-corrected chi connectivity index (χ2v) is 5.25. The van der Waals surface area contributed by atoms with Crippen molar-refractivity contribution in [3.8, 4) is 33.5 Å². The van der Waals surface area contributed by atoms with Gasteiger partial charge in [0.1, 0.15) is 0 Å². The number of phenolic OH excluding ortho intramolecular Hbond substituents is 2. The molecule has 0 saturated heterocycles. The van der Waals surface area contributed by atoms with Gasteiger partial charge in [0.05, 0.1) is 10.6 Å². The molecule has 0 fully saturated rings. The van der Waals surface area contributed by atoms with Gasteiger partial charge in [-0.05, 0) is 18.2 Å². The third-order valence-corrected chi connectivity index (χ3v) is 3.67. The number of rotatable bonds is 2. The number of nitrogens with zero attached hydrogens (tertiary/aromatic N) is 2. The van der Waals surface area contributed by atoms with E-state index in [9.17, 15) is 15.0 Å². The molecule has 0 radical (unpaired) electrons. The Kier molecular flexibility index (Phi) is 3.07. The van der Waals surface area contributed by atoms with Gasteiger partial charge in [0.2, 0.25) is 0 Å². The molecule has 0 bridgehead atoms. The van der Waals surface area contributed by atoms with Crippen LogP contribution in [0, 0.1) is 0 Å². The Labute approximate surface area is 122 Å². The van der Waals surface area contributed by atoms with Crippen molar-refractivity contribution in [3.63, 3.8) is 0 Å². The van der Waals surface area contributed by atoms with Gasteiger partial charge in [-0.1, -0.05) is 11.3 Å². The summed E-state index contributed by atoms with van der Waals surface area (Å²) in [6.07, 6.45) is 1.39. The van der Waals surface area contributed by atoms with Crippen LogP contribution in [-0.2, 0) is 0 Å². The first-order valence-corrected chi connectivity index (χ1v) is 6.70. The number of hydrogen-bond donors (Lipinski definition) is 4.